The van der Waals surface area contributed by atoms with Gasteiger partial charge >= 0.3 is 0 Å². The van der Waals surface area contributed by atoms with E-state index in [2.05, 4.69) is 44.6 Å². The molecule has 1 heterocycles. The second-order valence-electron chi connectivity index (χ2n) is 4.86. The fraction of sp³-hybridized carbons (Fsp3) is 0.438. The zero-order valence-corrected chi connectivity index (χ0v) is 16.4. The molecule has 1 aliphatic rings. The number of benzene rings is 1. The minimum Gasteiger partial charge on any atom is -0.491 e. The summed E-state index contributed by atoms with van der Waals surface area (Å²) in [5.74, 6) is 0.957. The Kier molecular flexibility index (Phi) is 6.70. The molecule has 0 aromatic heterocycles. The van der Waals surface area contributed by atoms with Crippen LogP contribution in [0.3, 0.4) is 0 Å². The highest BCUT2D eigenvalue weighted by atomic mass is 127. The first-order valence-corrected chi connectivity index (χ1v) is 9.19. The van der Waals surface area contributed by atoms with Crippen molar-refractivity contribution in [2.45, 2.75) is 17.3 Å². The molecule has 1 aromatic rings. The fourth-order valence-corrected chi connectivity index (χ4v) is 3.48. The Balaban J connectivity index is 2.23. The molecule has 1 atom stereocenters. The summed E-state index contributed by atoms with van der Waals surface area (Å²) in [5, 5.41) is 0. The Hall–Kier alpha value is -0.600. The number of amides is 1. The van der Waals surface area contributed by atoms with Gasteiger partial charge in [0, 0.05) is 29.4 Å². The van der Waals surface area contributed by atoms with E-state index < -0.39 is 0 Å². The van der Waals surface area contributed by atoms with Crippen LogP contribution in [0.2, 0.25) is 0 Å². The van der Waals surface area contributed by atoms with Crippen LogP contribution in [0.15, 0.2) is 28.7 Å². The molecule has 0 bridgehead atoms. The van der Waals surface area contributed by atoms with Crippen LogP contribution in [-0.2, 0) is 9.53 Å². The highest BCUT2D eigenvalue weighted by molar-refractivity contribution is 14.1. The van der Waals surface area contributed by atoms with E-state index in [9.17, 15) is 4.79 Å². The smallest absolute Gasteiger partial charge is 0.240 e. The van der Waals surface area contributed by atoms with Crippen LogP contribution in [0.25, 0.3) is 5.70 Å². The summed E-state index contributed by atoms with van der Waals surface area (Å²) in [6.07, 6.45) is 2.90. The maximum atomic E-state index is 12.3. The van der Waals surface area contributed by atoms with Crippen molar-refractivity contribution in [3.05, 3.63) is 34.3 Å². The van der Waals surface area contributed by atoms with E-state index >= 15 is 0 Å². The van der Waals surface area contributed by atoms with E-state index in [0.717, 1.165) is 27.9 Å². The minimum absolute atomic E-state index is 0.0247. The molecule has 1 aliphatic heterocycles. The molecule has 4 nitrogen and oxygen atoms in total. The number of allylic oxidation sites excluding steroid dienone is 1. The second-order valence-corrected chi connectivity index (χ2v) is 7.22. The molecule has 6 heteroatoms. The van der Waals surface area contributed by atoms with E-state index in [1.54, 1.807) is 7.11 Å². The lowest BCUT2D eigenvalue weighted by molar-refractivity contribution is -0.127. The summed E-state index contributed by atoms with van der Waals surface area (Å²) >= 11 is 5.80. The second kappa shape index (κ2) is 8.31. The summed E-state index contributed by atoms with van der Waals surface area (Å²) in [7, 11) is 1.65. The molecule has 0 saturated carbocycles. The van der Waals surface area contributed by atoms with E-state index in [1.165, 1.54) is 0 Å². The number of rotatable bonds is 6. The predicted octanol–water partition coefficient (Wildman–Crippen LogP) is 3.87. The molecular formula is C16H19BrINO3. The van der Waals surface area contributed by atoms with Crippen LogP contribution in [0.5, 0.6) is 5.75 Å². The Morgan fingerprint density at radius 2 is 2.18 bits per heavy atom. The molecule has 120 valence electrons. The molecule has 0 spiro atoms. The Labute approximate surface area is 153 Å². The van der Waals surface area contributed by atoms with Gasteiger partial charge in [0.25, 0.3) is 0 Å². The van der Waals surface area contributed by atoms with Gasteiger partial charge in [-0.3, -0.25) is 4.79 Å². The first-order valence-electron chi connectivity index (χ1n) is 7.15. The van der Waals surface area contributed by atoms with E-state index in [4.69, 9.17) is 9.47 Å². The van der Waals surface area contributed by atoms with Crippen LogP contribution in [0.4, 0.5) is 0 Å². The van der Waals surface area contributed by atoms with Gasteiger partial charge in [0.1, 0.15) is 12.4 Å². The van der Waals surface area contributed by atoms with Gasteiger partial charge in [0.2, 0.25) is 5.91 Å². The number of carbonyl (C=O) groups is 1. The van der Waals surface area contributed by atoms with Gasteiger partial charge in [-0.15, -0.1) is 0 Å². The lowest BCUT2D eigenvalue weighted by atomic mass is 10.0. The fourth-order valence-electron chi connectivity index (χ4n) is 2.33. The third kappa shape index (κ3) is 4.02. The average molecular weight is 480 g/mol. The van der Waals surface area contributed by atoms with Crippen LogP contribution in [0.1, 0.15) is 18.9 Å². The van der Waals surface area contributed by atoms with Crippen molar-refractivity contribution in [1.29, 1.82) is 0 Å². The van der Waals surface area contributed by atoms with Gasteiger partial charge in [0.05, 0.1) is 10.5 Å². The lowest BCUT2D eigenvalue weighted by Gasteiger charge is -2.31. The largest absolute Gasteiger partial charge is 0.491 e. The quantitative estimate of drug-likeness (QED) is 0.353. The molecule has 0 saturated heterocycles. The zero-order valence-electron chi connectivity index (χ0n) is 12.6. The monoisotopic (exact) mass is 479 g/mol. The Morgan fingerprint density at radius 3 is 2.82 bits per heavy atom. The SMILES string of the molecule is CCN1C(=O)C(I)CC=C1c1ccc(OCCOC)cc1Br. The third-order valence-electron chi connectivity index (χ3n) is 3.43. The van der Waals surface area contributed by atoms with Crippen LogP contribution in [-0.4, -0.2) is 41.6 Å². The maximum Gasteiger partial charge on any atom is 0.240 e. The standard InChI is InChI=1S/C16H19BrINO3/c1-3-19-15(7-6-14(18)16(19)20)12-5-4-11(10-13(12)17)22-9-8-21-2/h4-5,7,10,14H,3,6,8-9H2,1-2H3. The van der Waals surface area contributed by atoms with Crippen LogP contribution >= 0.6 is 38.5 Å². The minimum atomic E-state index is 0.0247. The molecule has 0 N–H and O–H groups in total. The van der Waals surface area contributed by atoms with Crippen molar-refractivity contribution in [1.82, 2.24) is 4.90 Å². The third-order valence-corrected chi connectivity index (χ3v) is 5.13. The summed E-state index contributed by atoms with van der Waals surface area (Å²) in [4.78, 5) is 14.2. The Morgan fingerprint density at radius 1 is 1.41 bits per heavy atom. The highest BCUT2D eigenvalue weighted by Crippen LogP contribution is 2.34. The van der Waals surface area contributed by atoms with E-state index in [1.807, 2.05) is 30.0 Å². The molecule has 0 fully saturated rings. The van der Waals surface area contributed by atoms with Crippen molar-refractivity contribution in [3.63, 3.8) is 0 Å². The van der Waals surface area contributed by atoms with Crippen LogP contribution in [0, 0.1) is 0 Å². The average Bonchev–Trinajstić information content (AvgIpc) is 2.51. The summed E-state index contributed by atoms with van der Waals surface area (Å²) in [5.41, 5.74) is 1.98. The van der Waals surface area contributed by atoms with Crippen LogP contribution < -0.4 is 4.74 Å². The number of halogens is 2. The zero-order chi connectivity index (χ0) is 16.1. The number of methoxy groups -OCH3 is 1. The molecular weight excluding hydrogens is 461 g/mol. The van der Waals surface area contributed by atoms with Gasteiger partial charge in [-0.2, -0.15) is 0 Å². The predicted molar refractivity (Wildman–Crippen MR) is 99.3 cm³/mol. The van der Waals surface area contributed by atoms with Gasteiger partial charge in [-0.1, -0.05) is 28.7 Å². The van der Waals surface area contributed by atoms with Crippen molar-refractivity contribution in [2.24, 2.45) is 0 Å². The Bertz CT molecular complexity index is 577. The number of hydrogen-bond donors (Lipinski definition) is 0. The topological polar surface area (TPSA) is 38.8 Å². The van der Waals surface area contributed by atoms with Crippen molar-refractivity contribution in [3.8, 4) is 5.75 Å². The molecule has 1 unspecified atom stereocenters. The van der Waals surface area contributed by atoms with E-state index in [0.29, 0.717) is 19.8 Å². The highest BCUT2D eigenvalue weighted by Gasteiger charge is 2.28. The van der Waals surface area contributed by atoms with Gasteiger partial charge in [0.15, 0.2) is 0 Å². The lowest BCUT2D eigenvalue weighted by Crippen LogP contribution is -2.38. The number of carbonyl (C=O) groups excluding carboxylic acids is 1. The van der Waals surface area contributed by atoms with Crippen molar-refractivity contribution >= 4 is 50.1 Å². The molecule has 0 radical (unpaired) electrons. The van der Waals surface area contributed by atoms with E-state index in [-0.39, 0.29) is 9.83 Å². The number of nitrogens with zero attached hydrogens (tertiary/aromatic N) is 1. The normalized spacial score (nSPS) is 18.4. The van der Waals surface area contributed by atoms with Crippen molar-refractivity contribution < 1.29 is 14.3 Å². The number of alkyl halides is 1. The van der Waals surface area contributed by atoms with Crippen molar-refractivity contribution in [2.75, 3.05) is 26.9 Å². The summed E-state index contributed by atoms with van der Waals surface area (Å²) in [6, 6.07) is 5.84. The molecule has 1 aromatic carbocycles. The molecule has 2 rings (SSSR count). The molecule has 1 amide bonds. The number of ether oxygens (including phenoxy) is 2. The summed E-state index contributed by atoms with van der Waals surface area (Å²) < 4.78 is 11.5. The first kappa shape index (κ1) is 17.7. The first-order chi connectivity index (χ1) is 10.6. The number of hydrogen-bond acceptors (Lipinski definition) is 3. The van der Waals surface area contributed by atoms with Gasteiger partial charge in [-0.25, -0.2) is 0 Å². The van der Waals surface area contributed by atoms with Gasteiger partial charge in [-0.05, 0) is 47.5 Å². The molecule has 0 aliphatic carbocycles. The summed E-state index contributed by atoms with van der Waals surface area (Å²) in [6.45, 7) is 3.74. The van der Waals surface area contributed by atoms with Gasteiger partial charge < -0.3 is 14.4 Å². The molecule has 22 heavy (non-hydrogen) atoms. The maximum absolute atomic E-state index is 12.3.